The van der Waals surface area contributed by atoms with Gasteiger partial charge in [0.15, 0.2) is 11.6 Å². The summed E-state index contributed by atoms with van der Waals surface area (Å²) >= 11 is 0. The minimum Gasteiger partial charge on any atom is -0.493 e. The summed E-state index contributed by atoms with van der Waals surface area (Å²) in [5.74, 6) is -0.857. The van der Waals surface area contributed by atoms with Crippen LogP contribution in [0.4, 0.5) is 10.1 Å². The normalized spacial score (nSPS) is 10.1. The Labute approximate surface area is 85.3 Å². The van der Waals surface area contributed by atoms with Crippen molar-refractivity contribution in [2.24, 2.45) is 0 Å². The number of nitro groups is 1. The Morgan fingerprint density at radius 2 is 2.27 bits per heavy atom. The zero-order valence-corrected chi connectivity index (χ0v) is 8.07. The summed E-state index contributed by atoms with van der Waals surface area (Å²) in [4.78, 5) is 9.75. The molecule has 0 aliphatic rings. The number of hydrogen-bond donors (Lipinski definition) is 1. The number of halogens is 1. The van der Waals surface area contributed by atoms with Gasteiger partial charge in [0.2, 0.25) is 0 Å². The van der Waals surface area contributed by atoms with Gasteiger partial charge in [0, 0.05) is 18.2 Å². The number of rotatable bonds is 4. The molecule has 0 unspecified atom stereocenters. The number of methoxy groups -OCH3 is 1. The third-order valence-corrected chi connectivity index (χ3v) is 1.90. The van der Waals surface area contributed by atoms with Crippen LogP contribution in [-0.2, 0) is 6.42 Å². The van der Waals surface area contributed by atoms with Gasteiger partial charge in [-0.15, -0.1) is 0 Å². The highest BCUT2D eigenvalue weighted by Crippen LogP contribution is 2.28. The van der Waals surface area contributed by atoms with Crippen LogP contribution in [-0.4, -0.2) is 23.7 Å². The molecule has 0 bridgehead atoms. The molecule has 0 fully saturated rings. The third kappa shape index (κ3) is 2.41. The molecule has 0 amide bonds. The number of hydrogen-bond acceptors (Lipinski definition) is 4. The highest BCUT2D eigenvalue weighted by molar-refractivity contribution is 5.45. The number of aliphatic hydroxyl groups excluding tert-OH is 1. The number of ether oxygens (including phenoxy) is 1. The van der Waals surface area contributed by atoms with E-state index in [4.69, 9.17) is 9.84 Å². The van der Waals surface area contributed by atoms with Crippen LogP contribution < -0.4 is 4.74 Å². The Balaban J connectivity index is 3.25. The van der Waals surface area contributed by atoms with Gasteiger partial charge in [0.25, 0.3) is 5.69 Å². The number of nitrogens with zero attached hydrogens (tertiary/aromatic N) is 1. The Morgan fingerprint density at radius 3 is 2.73 bits per heavy atom. The Bertz CT molecular complexity index is 381. The van der Waals surface area contributed by atoms with Crippen molar-refractivity contribution in [2.75, 3.05) is 13.7 Å². The first-order chi connectivity index (χ1) is 7.10. The summed E-state index contributed by atoms with van der Waals surface area (Å²) in [5.41, 5.74) is -0.0662. The maximum atomic E-state index is 13.3. The zero-order valence-electron chi connectivity index (χ0n) is 8.07. The number of nitro benzene ring substituents is 1. The number of benzene rings is 1. The SMILES string of the molecule is COc1c(F)cc([N+](=O)[O-])cc1CCO. The van der Waals surface area contributed by atoms with E-state index in [-0.39, 0.29) is 30.0 Å². The molecule has 0 saturated heterocycles. The standard InChI is InChI=1S/C9H10FNO4/c1-15-9-6(2-3-12)4-7(11(13)14)5-8(9)10/h4-5,12H,2-3H2,1H3. The highest BCUT2D eigenvalue weighted by Gasteiger charge is 2.16. The summed E-state index contributed by atoms with van der Waals surface area (Å²) in [7, 11) is 1.27. The van der Waals surface area contributed by atoms with E-state index in [2.05, 4.69) is 0 Å². The van der Waals surface area contributed by atoms with Gasteiger partial charge in [0.05, 0.1) is 18.1 Å². The monoisotopic (exact) mass is 215 g/mol. The van der Waals surface area contributed by atoms with Crippen molar-refractivity contribution in [3.8, 4) is 5.75 Å². The highest BCUT2D eigenvalue weighted by atomic mass is 19.1. The molecule has 0 radical (unpaired) electrons. The molecule has 0 spiro atoms. The fourth-order valence-electron chi connectivity index (χ4n) is 1.27. The lowest BCUT2D eigenvalue weighted by molar-refractivity contribution is -0.385. The van der Waals surface area contributed by atoms with E-state index in [1.54, 1.807) is 0 Å². The Hall–Kier alpha value is -1.69. The molecule has 1 aromatic carbocycles. The van der Waals surface area contributed by atoms with Gasteiger partial charge in [-0.2, -0.15) is 0 Å². The van der Waals surface area contributed by atoms with Gasteiger partial charge in [-0.1, -0.05) is 0 Å². The first-order valence-corrected chi connectivity index (χ1v) is 4.21. The summed E-state index contributed by atoms with van der Waals surface area (Å²) in [6, 6.07) is 1.98. The molecule has 0 atom stereocenters. The second kappa shape index (κ2) is 4.70. The summed E-state index contributed by atoms with van der Waals surface area (Å²) in [6.45, 7) is -0.225. The van der Waals surface area contributed by atoms with E-state index in [0.29, 0.717) is 0 Å². The van der Waals surface area contributed by atoms with Crippen molar-refractivity contribution < 1.29 is 19.2 Å². The van der Waals surface area contributed by atoms with E-state index < -0.39 is 10.7 Å². The van der Waals surface area contributed by atoms with Crippen LogP contribution in [0.5, 0.6) is 5.75 Å². The molecule has 1 N–H and O–H groups in total. The maximum absolute atomic E-state index is 13.3. The van der Waals surface area contributed by atoms with E-state index in [1.807, 2.05) is 0 Å². The van der Waals surface area contributed by atoms with Crippen LogP contribution in [0.2, 0.25) is 0 Å². The van der Waals surface area contributed by atoms with Crippen molar-refractivity contribution in [3.05, 3.63) is 33.6 Å². The molecule has 1 aromatic rings. The number of aliphatic hydroxyl groups is 1. The topological polar surface area (TPSA) is 72.6 Å². The van der Waals surface area contributed by atoms with Crippen molar-refractivity contribution in [1.82, 2.24) is 0 Å². The fraction of sp³-hybridized carbons (Fsp3) is 0.333. The summed E-state index contributed by atoms with van der Waals surface area (Å²) in [5, 5.41) is 19.2. The predicted octanol–water partition coefficient (Wildman–Crippen LogP) is 1.28. The first kappa shape index (κ1) is 11.4. The van der Waals surface area contributed by atoms with Crippen LogP contribution in [0.25, 0.3) is 0 Å². The molecular formula is C9H10FNO4. The lowest BCUT2D eigenvalue weighted by Gasteiger charge is -2.07. The molecule has 6 heteroatoms. The Morgan fingerprint density at radius 1 is 1.60 bits per heavy atom. The molecule has 0 aliphatic heterocycles. The van der Waals surface area contributed by atoms with Gasteiger partial charge in [-0.05, 0) is 6.42 Å². The minimum absolute atomic E-state index is 0.0605. The van der Waals surface area contributed by atoms with Crippen molar-refractivity contribution >= 4 is 5.69 Å². The minimum atomic E-state index is -0.796. The van der Waals surface area contributed by atoms with E-state index in [1.165, 1.54) is 13.2 Å². The van der Waals surface area contributed by atoms with Crippen LogP contribution >= 0.6 is 0 Å². The molecule has 82 valence electrons. The largest absolute Gasteiger partial charge is 0.493 e. The van der Waals surface area contributed by atoms with Gasteiger partial charge < -0.3 is 9.84 Å². The van der Waals surface area contributed by atoms with Gasteiger partial charge in [-0.25, -0.2) is 4.39 Å². The van der Waals surface area contributed by atoms with Crippen LogP contribution in [0.1, 0.15) is 5.56 Å². The smallest absolute Gasteiger partial charge is 0.272 e. The van der Waals surface area contributed by atoms with Crippen molar-refractivity contribution in [2.45, 2.75) is 6.42 Å². The molecule has 0 aromatic heterocycles. The average molecular weight is 215 g/mol. The average Bonchev–Trinajstić information content (AvgIpc) is 2.17. The van der Waals surface area contributed by atoms with E-state index in [9.17, 15) is 14.5 Å². The van der Waals surface area contributed by atoms with Crippen molar-refractivity contribution in [3.63, 3.8) is 0 Å². The van der Waals surface area contributed by atoms with Crippen LogP contribution in [0, 0.1) is 15.9 Å². The van der Waals surface area contributed by atoms with E-state index in [0.717, 1.165) is 6.07 Å². The quantitative estimate of drug-likeness (QED) is 0.606. The molecule has 0 heterocycles. The van der Waals surface area contributed by atoms with Gasteiger partial charge in [0.1, 0.15) is 0 Å². The first-order valence-electron chi connectivity index (χ1n) is 4.21. The van der Waals surface area contributed by atoms with Crippen LogP contribution in [0.15, 0.2) is 12.1 Å². The molecule has 15 heavy (non-hydrogen) atoms. The Kier molecular flexibility index (Phi) is 3.56. The lowest BCUT2D eigenvalue weighted by atomic mass is 10.1. The summed E-state index contributed by atoms with van der Waals surface area (Å²) < 4.78 is 18.0. The second-order valence-electron chi connectivity index (χ2n) is 2.85. The molecule has 5 nitrogen and oxygen atoms in total. The van der Waals surface area contributed by atoms with Gasteiger partial charge in [-0.3, -0.25) is 10.1 Å². The molecular weight excluding hydrogens is 205 g/mol. The van der Waals surface area contributed by atoms with Crippen LogP contribution in [0.3, 0.4) is 0 Å². The van der Waals surface area contributed by atoms with Crippen molar-refractivity contribution in [1.29, 1.82) is 0 Å². The van der Waals surface area contributed by atoms with E-state index >= 15 is 0 Å². The third-order valence-electron chi connectivity index (χ3n) is 1.90. The number of non-ortho nitro benzene ring substituents is 1. The molecule has 0 aliphatic carbocycles. The van der Waals surface area contributed by atoms with Gasteiger partial charge >= 0.3 is 0 Å². The summed E-state index contributed by atoms with van der Waals surface area (Å²) in [6.07, 6.45) is 0.113. The lowest BCUT2D eigenvalue weighted by Crippen LogP contribution is -2.00. The predicted molar refractivity (Wildman–Crippen MR) is 50.4 cm³/mol. The zero-order chi connectivity index (χ0) is 11.4. The second-order valence-corrected chi connectivity index (χ2v) is 2.85. The molecule has 0 saturated carbocycles. The fourth-order valence-corrected chi connectivity index (χ4v) is 1.27. The molecule has 1 rings (SSSR count). The maximum Gasteiger partial charge on any atom is 0.272 e.